The smallest absolute Gasteiger partial charge is 0.228 e. The molecule has 0 saturated heterocycles. The minimum atomic E-state index is 0.569. The molecule has 0 saturated carbocycles. The Bertz CT molecular complexity index is 1140. The first-order valence-electron chi connectivity index (χ1n) is 9.08. The number of rotatable bonds is 6. The van der Waals surface area contributed by atoms with Gasteiger partial charge in [-0.25, -0.2) is 4.68 Å². The van der Waals surface area contributed by atoms with Crippen LogP contribution in [-0.4, -0.2) is 48.1 Å². The van der Waals surface area contributed by atoms with Gasteiger partial charge < -0.3 is 19.7 Å². The second-order valence-corrected chi connectivity index (χ2v) is 6.59. The zero-order valence-corrected chi connectivity index (χ0v) is 16.7. The largest absolute Gasteiger partial charge is 0.497 e. The third kappa shape index (κ3) is 3.52. The highest BCUT2D eigenvalue weighted by Crippen LogP contribution is 2.34. The summed E-state index contributed by atoms with van der Waals surface area (Å²) >= 11 is 0. The maximum Gasteiger partial charge on any atom is 0.228 e. The van der Waals surface area contributed by atoms with Gasteiger partial charge in [0, 0.05) is 20.2 Å². The summed E-state index contributed by atoms with van der Waals surface area (Å²) in [6.45, 7) is 0. The average molecular weight is 390 g/mol. The summed E-state index contributed by atoms with van der Waals surface area (Å²) < 4.78 is 12.6. The normalized spacial score (nSPS) is 10.8. The molecule has 0 amide bonds. The van der Waals surface area contributed by atoms with E-state index in [2.05, 4.69) is 15.4 Å². The monoisotopic (exact) mass is 390 g/mol. The summed E-state index contributed by atoms with van der Waals surface area (Å²) in [5.74, 6) is 2.60. The molecule has 0 radical (unpaired) electrons. The Kier molecular flexibility index (Phi) is 4.90. The quantitative estimate of drug-likeness (QED) is 0.538. The van der Waals surface area contributed by atoms with Crippen LogP contribution in [0.25, 0.3) is 16.7 Å². The first kappa shape index (κ1) is 18.5. The van der Waals surface area contributed by atoms with Gasteiger partial charge in [-0.3, -0.25) is 0 Å². The van der Waals surface area contributed by atoms with Crippen LogP contribution in [-0.2, 0) is 0 Å². The van der Waals surface area contributed by atoms with Gasteiger partial charge >= 0.3 is 0 Å². The van der Waals surface area contributed by atoms with E-state index in [1.165, 1.54) is 0 Å². The molecule has 148 valence electrons. The van der Waals surface area contributed by atoms with Crippen molar-refractivity contribution in [2.75, 3.05) is 38.5 Å². The van der Waals surface area contributed by atoms with Crippen LogP contribution in [0.1, 0.15) is 0 Å². The number of hydrogen-bond acceptors (Lipinski definition) is 7. The van der Waals surface area contributed by atoms with E-state index in [-0.39, 0.29) is 0 Å². The van der Waals surface area contributed by atoms with Gasteiger partial charge in [-0.15, -0.1) is 0 Å². The molecule has 8 heteroatoms. The number of aromatic nitrogens is 4. The molecule has 0 bridgehead atoms. The van der Waals surface area contributed by atoms with E-state index < -0.39 is 0 Å². The van der Waals surface area contributed by atoms with Crippen molar-refractivity contribution >= 4 is 28.5 Å². The molecule has 0 fully saturated rings. The molecule has 0 aliphatic rings. The second-order valence-electron chi connectivity index (χ2n) is 6.59. The zero-order chi connectivity index (χ0) is 20.4. The molecule has 2 aromatic heterocycles. The first-order chi connectivity index (χ1) is 14.1. The number of para-hydroxylation sites is 1. The number of ether oxygens (including phenoxy) is 2. The number of fused-ring (bicyclic) bond motifs is 1. The lowest BCUT2D eigenvalue weighted by Gasteiger charge is -2.16. The Morgan fingerprint density at radius 1 is 0.966 bits per heavy atom. The molecule has 29 heavy (non-hydrogen) atoms. The van der Waals surface area contributed by atoms with Crippen molar-refractivity contribution in [2.45, 2.75) is 0 Å². The first-order valence-corrected chi connectivity index (χ1v) is 9.08. The minimum Gasteiger partial charge on any atom is -0.497 e. The molecule has 4 rings (SSSR count). The van der Waals surface area contributed by atoms with Crippen LogP contribution in [0, 0.1) is 0 Å². The van der Waals surface area contributed by atoms with Crippen molar-refractivity contribution in [3.8, 4) is 17.2 Å². The lowest BCUT2D eigenvalue weighted by atomic mass is 10.2. The number of nitrogens with one attached hydrogen (secondary N) is 1. The van der Waals surface area contributed by atoms with E-state index in [9.17, 15) is 0 Å². The zero-order valence-electron chi connectivity index (χ0n) is 16.7. The molecule has 0 spiro atoms. The van der Waals surface area contributed by atoms with E-state index in [0.717, 1.165) is 16.8 Å². The fraction of sp³-hybridized carbons (Fsp3) is 0.190. The van der Waals surface area contributed by atoms with Gasteiger partial charge in [-0.1, -0.05) is 18.2 Å². The maximum atomic E-state index is 5.49. The molecule has 0 aliphatic heterocycles. The predicted molar refractivity (Wildman–Crippen MR) is 114 cm³/mol. The molecule has 0 aliphatic carbocycles. The Morgan fingerprint density at radius 2 is 1.76 bits per heavy atom. The molecule has 2 aromatic carbocycles. The molecule has 0 unspecified atom stereocenters. The van der Waals surface area contributed by atoms with Crippen molar-refractivity contribution in [1.82, 2.24) is 19.7 Å². The summed E-state index contributed by atoms with van der Waals surface area (Å²) in [7, 11) is 7.06. The number of anilines is 3. The Hall–Kier alpha value is -3.81. The summed E-state index contributed by atoms with van der Waals surface area (Å²) in [6.07, 6.45) is 1.76. The van der Waals surface area contributed by atoms with Gasteiger partial charge in [0.05, 0.1) is 37.2 Å². The number of nitrogens with zero attached hydrogens (tertiary/aromatic N) is 5. The molecule has 1 N–H and O–H groups in total. The van der Waals surface area contributed by atoms with Crippen molar-refractivity contribution in [3.05, 3.63) is 54.7 Å². The standard InChI is InChI=1S/C21H22N6O2/c1-26(2)21-24-19(23-17-12-15(28-3)10-11-18(17)29-4)16-13-22-27(20(16)25-21)14-8-6-5-7-9-14/h5-13H,1-4H3,(H,23,24,25). The van der Waals surface area contributed by atoms with Gasteiger partial charge in [0.2, 0.25) is 5.95 Å². The highest BCUT2D eigenvalue weighted by molar-refractivity contribution is 5.91. The van der Waals surface area contributed by atoms with E-state index in [1.807, 2.05) is 67.5 Å². The van der Waals surface area contributed by atoms with Crippen molar-refractivity contribution in [1.29, 1.82) is 0 Å². The fourth-order valence-corrected chi connectivity index (χ4v) is 2.99. The van der Waals surface area contributed by atoms with Crippen LogP contribution in [0.2, 0.25) is 0 Å². The van der Waals surface area contributed by atoms with Crippen molar-refractivity contribution < 1.29 is 9.47 Å². The SMILES string of the molecule is COc1ccc(OC)c(Nc2nc(N(C)C)nc3c2cnn3-c2ccccc2)c1. The second kappa shape index (κ2) is 7.67. The fourth-order valence-electron chi connectivity index (χ4n) is 2.99. The Balaban J connectivity index is 1.88. The third-order valence-electron chi connectivity index (χ3n) is 4.48. The van der Waals surface area contributed by atoms with Gasteiger partial charge in [-0.2, -0.15) is 15.1 Å². The van der Waals surface area contributed by atoms with E-state index in [0.29, 0.717) is 28.9 Å². The average Bonchev–Trinajstić information content (AvgIpc) is 3.18. The Morgan fingerprint density at radius 3 is 2.45 bits per heavy atom. The number of methoxy groups -OCH3 is 2. The third-order valence-corrected chi connectivity index (χ3v) is 4.48. The molecule has 8 nitrogen and oxygen atoms in total. The number of benzene rings is 2. The van der Waals surface area contributed by atoms with Crippen LogP contribution in [0.4, 0.5) is 17.5 Å². The van der Waals surface area contributed by atoms with E-state index in [4.69, 9.17) is 14.5 Å². The number of hydrogen-bond donors (Lipinski definition) is 1. The van der Waals surface area contributed by atoms with E-state index >= 15 is 0 Å². The molecular formula is C21H22N6O2. The predicted octanol–water partition coefficient (Wildman–Crippen LogP) is 3.64. The highest BCUT2D eigenvalue weighted by Gasteiger charge is 2.17. The summed E-state index contributed by atoms with van der Waals surface area (Å²) in [5, 5.41) is 8.71. The van der Waals surface area contributed by atoms with Crippen LogP contribution in [0.3, 0.4) is 0 Å². The lowest BCUT2D eigenvalue weighted by molar-refractivity contribution is 0.405. The summed E-state index contributed by atoms with van der Waals surface area (Å²) in [6, 6.07) is 15.4. The molecule has 0 atom stereocenters. The Labute approximate surface area is 168 Å². The van der Waals surface area contributed by atoms with Gasteiger partial charge in [0.15, 0.2) is 5.65 Å². The van der Waals surface area contributed by atoms with Crippen LogP contribution >= 0.6 is 0 Å². The van der Waals surface area contributed by atoms with Crippen LogP contribution < -0.4 is 19.7 Å². The summed E-state index contributed by atoms with van der Waals surface area (Å²) in [5.41, 5.74) is 2.37. The molecule has 2 heterocycles. The summed E-state index contributed by atoms with van der Waals surface area (Å²) in [4.78, 5) is 11.3. The lowest BCUT2D eigenvalue weighted by Crippen LogP contribution is -2.14. The molecule has 4 aromatic rings. The highest BCUT2D eigenvalue weighted by atomic mass is 16.5. The van der Waals surface area contributed by atoms with Crippen LogP contribution in [0.5, 0.6) is 11.5 Å². The van der Waals surface area contributed by atoms with Crippen LogP contribution in [0.15, 0.2) is 54.7 Å². The van der Waals surface area contributed by atoms with E-state index in [1.54, 1.807) is 25.1 Å². The van der Waals surface area contributed by atoms with Crippen molar-refractivity contribution in [2.24, 2.45) is 0 Å². The maximum absolute atomic E-state index is 5.49. The molecular weight excluding hydrogens is 368 g/mol. The van der Waals surface area contributed by atoms with Crippen molar-refractivity contribution in [3.63, 3.8) is 0 Å². The van der Waals surface area contributed by atoms with Gasteiger partial charge in [0.1, 0.15) is 17.3 Å². The van der Waals surface area contributed by atoms with Gasteiger partial charge in [-0.05, 0) is 24.3 Å². The van der Waals surface area contributed by atoms with Gasteiger partial charge in [0.25, 0.3) is 0 Å². The minimum absolute atomic E-state index is 0.569. The topological polar surface area (TPSA) is 77.3 Å².